The first kappa shape index (κ1) is 18.3. The molecular formula is C23H42N2. The van der Waals surface area contributed by atoms with Crippen molar-refractivity contribution < 1.29 is 0 Å². The van der Waals surface area contributed by atoms with Crippen molar-refractivity contribution in [2.24, 2.45) is 28.6 Å². The van der Waals surface area contributed by atoms with Crippen molar-refractivity contribution in [1.82, 2.24) is 9.80 Å². The molecule has 144 valence electrons. The predicted molar refractivity (Wildman–Crippen MR) is 107 cm³/mol. The number of hydrogen-bond acceptors (Lipinski definition) is 2. The molecule has 2 atom stereocenters. The molecule has 4 fully saturated rings. The summed E-state index contributed by atoms with van der Waals surface area (Å²) < 4.78 is 0. The topological polar surface area (TPSA) is 6.48 Å². The normalized spacial score (nSPS) is 37.4. The minimum Gasteiger partial charge on any atom is -0.300 e. The highest BCUT2D eigenvalue weighted by atomic mass is 15.3. The number of hydrogen-bond donors (Lipinski definition) is 0. The molecule has 25 heavy (non-hydrogen) atoms. The second-order valence-corrected chi connectivity index (χ2v) is 12.3. The van der Waals surface area contributed by atoms with Crippen LogP contribution in [0.1, 0.15) is 80.1 Å². The summed E-state index contributed by atoms with van der Waals surface area (Å²) in [6.07, 6.45) is 8.92. The fourth-order valence-electron chi connectivity index (χ4n) is 6.48. The van der Waals surface area contributed by atoms with Crippen LogP contribution in [0.3, 0.4) is 0 Å². The van der Waals surface area contributed by atoms with Crippen LogP contribution in [0.25, 0.3) is 0 Å². The van der Waals surface area contributed by atoms with E-state index in [9.17, 15) is 0 Å². The third-order valence-electron chi connectivity index (χ3n) is 8.54. The lowest BCUT2D eigenvalue weighted by molar-refractivity contribution is -0.0881. The Kier molecular flexibility index (Phi) is 4.36. The van der Waals surface area contributed by atoms with E-state index in [1.54, 1.807) is 0 Å². The second kappa shape index (κ2) is 5.96. The molecule has 1 spiro atoms. The summed E-state index contributed by atoms with van der Waals surface area (Å²) in [7, 11) is 0. The highest BCUT2D eigenvalue weighted by Crippen LogP contribution is 2.51. The molecule has 2 unspecified atom stereocenters. The van der Waals surface area contributed by atoms with Gasteiger partial charge in [-0.2, -0.15) is 0 Å². The largest absolute Gasteiger partial charge is 0.300 e. The molecule has 2 nitrogen and oxygen atoms in total. The Morgan fingerprint density at radius 3 is 1.76 bits per heavy atom. The highest BCUT2D eigenvalue weighted by molar-refractivity contribution is 5.04. The molecule has 2 aliphatic carbocycles. The molecule has 0 N–H and O–H groups in total. The molecule has 0 bridgehead atoms. The van der Waals surface area contributed by atoms with E-state index in [4.69, 9.17) is 0 Å². The summed E-state index contributed by atoms with van der Waals surface area (Å²) in [5.41, 5.74) is 1.59. The molecule has 0 radical (unpaired) electrons. The van der Waals surface area contributed by atoms with Gasteiger partial charge in [-0.25, -0.2) is 0 Å². The van der Waals surface area contributed by atoms with Crippen LogP contribution in [0, 0.1) is 28.6 Å². The van der Waals surface area contributed by atoms with Gasteiger partial charge in [0.15, 0.2) is 0 Å². The predicted octanol–water partition coefficient (Wildman–Crippen LogP) is 5.03. The zero-order valence-electron chi connectivity index (χ0n) is 17.8. The summed E-state index contributed by atoms with van der Waals surface area (Å²) in [5, 5.41) is 0. The summed E-state index contributed by atoms with van der Waals surface area (Å²) in [6, 6.07) is 0.910. The van der Waals surface area contributed by atoms with Gasteiger partial charge in [0.25, 0.3) is 0 Å². The van der Waals surface area contributed by atoms with Crippen molar-refractivity contribution in [2.75, 3.05) is 26.2 Å². The molecule has 0 aromatic heterocycles. The van der Waals surface area contributed by atoms with E-state index in [1.165, 1.54) is 64.7 Å². The molecule has 2 saturated carbocycles. The summed E-state index contributed by atoms with van der Waals surface area (Å²) >= 11 is 0. The number of likely N-dealkylation sites (tertiary alicyclic amines) is 2. The van der Waals surface area contributed by atoms with Crippen molar-refractivity contribution in [3.05, 3.63) is 0 Å². The summed E-state index contributed by atoms with van der Waals surface area (Å²) in [5.74, 6) is 3.00. The Balaban J connectivity index is 1.26. The van der Waals surface area contributed by atoms with Gasteiger partial charge in [0, 0.05) is 37.8 Å². The number of rotatable bonds is 1. The van der Waals surface area contributed by atoms with Gasteiger partial charge in [0.2, 0.25) is 0 Å². The van der Waals surface area contributed by atoms with Gasteiger partial charge in [0.1, 0.15) is 0 Å². The third kappa shape index (κ3) is 3.43. The molecule has 2 aliphatic heterocycles. The molecular weight excluding hydrogens is 304 g/mol. The Hall–Kier alpha value is -0.0800. The molecule has 0 aromatic rings. The SMILES string of the molecule is CC(C)(C)C1CC2CN(C3CCC4(CC3)CN(C(C)(C)C)C4)CC2C1. The molecule has 0 amide bonds. The molecule has 4 rings (SSSR count). The zero-order valence-corrected chi connectivity index (χ0v) is 17.8. The van der Waals surface area contributed by atoms with Crippen LogP contribution < -0.4 is 0 Å². The zero-order chi connectivity index (χ0) is 18.0. The van der Waals surface area contributed by atoms with E-state index in [2.05, 4.69) is 51.3 Å². The lowest BCUT2D eigenvalue weighted by atomic mass is 9.66. The van der Waals surface area contributed by atoms with Crippen molar-refractivity contribution in [3.63, 3.8) is 0 Å². The fraction of sp³-hybridized carbons (Fsp3) is 1.00. The van der Waals surface area contributed by atoms with E-state index in [0.29, 0.717) is 16.4 Å². The maximum Gasteiger partial charge on any atom is 0.0125 e. The molecule has 2 heterocycles. The smallest absolute Gasteiger partial charge is 0.0125 e. The van der Waals surface area contributed by atoms with Gasteiger partial charge >= 0.3 is 0 Å². The van der Waals surface area contributed by atoms with Crippen LogP contribution in [-0.4, -0.2) is 47.6 Å². The Bertz CT molecular complexity index is 467. The van der Waals surface area contributed by atoms with Crippen LogP contribution in [-0.2, 0) is 0 Å². The van der Waals surface area contributed by atoms with Crippen LogP contribution in [0.4, 0.5) is 0 Å². The minimum atomic E-state index is 0.373. The Morgan fingerprint density at radius 2 is 1.32 bits per heavy atom. The number of fused-ring (bicyclic) bond motifs is 1. The first-order valence-electron chi connectivity index (χ1n) is 11.0. The lowest BCUT2D eigenvalue weighted by Crippen LogP contribution is -2.64. The van der Waals surface area contributed by atoms with Gasteiger partial charge in [-0.1, -0.05) is 20.8 Å². The van der Waals surface area contributed by atoms with Crippen molar-refractivity contribution in [2.45, 2.75) is 91.6 Å². The van der Waals surface area contributed by atoms with Gasteiger partial charge in [-0.15, -0.1) is 0 Å². The van der Waals surface area contributed by atoms with Crippen LogP contribution in [0.2, 0.25) is 0 Å². The van der Waals surface area contributed by atoms with Gasteiger partial charge in [-0.05, 0) is 87.9 Å². The molecule has 0 aromatic carbocycles. The van der Waals surface area contributed by atoms with Crippen LogP contribution in [0.15, 0.2) is 0 Å². The molecule has 2 heteroatoms. The van der Waals surface area contributed by atoms with Gasteiger partial charge < -0.3 is 0 Å². The van der Waals surface area contributed by atoms with E-state index in [-0.39, 0.29) is 0 Å². The van der Waals surface area contributed by atoms with Crippen LogP contribution in [0.5, 0.6) is 0 Å². The second-order valence-electron chi connectivity index (χ2n) is 12.3. The maximum atomic E-state index is 2.92. The first-order chi connectivity index (χ1) is 11.6. The van der Waals surface area contributed by atoms with E-state index in [0.717, 1.165) is 23.8 Å². The molecule has 2 saturated heterocycles. The average Bonchev–Trinajstić information content (AvgIpc) is 3.01. The quantitative estimate of drug-likeness (QED) is 0.657. The first-order valence-corrected chi connectivity index (χ1v) is 11.0. The third-order valence-corrected chi connectivity index (χ3v) is 8.54. The lowest BCUT2D eigenvalue weighted by Gasteiger charge is -2.58. The Morgan fingerprint density at radius 1 is 0.800 bits per heavy atom. The van der Waals surface area contributed by atoms with Crippen molar-refractivity contribution in [3.8, 4) is 0 Å². The average molecular weight is 347 g/mol. The highest BCUT2D eigenvalue weighted by Gasteiger charge is 2.50. The minimum absolute atomic E-state index is 0.373. The standard InChI is InChI=1S/C23H42N2/c1-21(2,3)19-11-17-13-24(14-18(17)12-19)20-7-9-23(10-8-20)15-25(16-23)22(4,5)6/h17-20H,7-16H2,1-6H3. The monoisotopic (exact) mass is 346 g/mol. The van der Waals surface area contributed by atoms with Crippen molar-refractivity contribution >= 4 is 0 Å². The maximum absolute atomic E-state index is 2.92. The van der Waals surface area contributed by atoms with Crippen LogP contribution >= 0.6 is 0 Å². The van der Waals surface area contributed by atoms with Gasteiger partial charge in [-0.3, -0.25) is 9.80 Å². The van der Waals surface area contributed by atoms with E-state index in [1.807, 2.05) is 0 Å². The molecule has 4 aliphatic rings. The van der Waals surface area contributed by atoms with Gasteiger partial charge in [0.05, 0.1) is 0 Å². The summed E-state index contributed by atoms with van der Waals surface area (Å²) in [6.45, 7) is 20.1. The Labute approximate surface area is 156 Å². The van der Waals surface area contributed by atoms with E-state index >= 15 is 0 Å². The summed E-state index contributed by atoms with van der Waals surface area (Å²) in [4.78, 5) is 5.61. The number of nitrogens with zero attached hydrogens (tertiary/aromatic N) is 2. The van der Waals surface area contributed by atoms with E-state index < -0.39 is 0 Å². The van der Waals surface area contributed by atoms with Crippen molar-refractivity contribution in [1.29, 1.82) is 0 Å². The fourth-order valence-corrected chi connectivity index (χ4v) is 6.48.